The van der Waals surface area contributed by atoms with Crippen molar-refractivity contribution < 1.29 is 14.3 Å². The number of amidine groups is 1. The molecule has 3 rings (SSSR count). The smallest absolute Gasteiger partial charge is 0.283 e. The molecule has 0 fully saturated rings. The lowest BCUT2D eigenvalue weighted by Crippen LogP contribution is -2.32. The second-order valence-corrected chi connectivity index (χ2v) is 7.87. The summed E-state index contributed by atoms with van der Waals surface area (Å²) in [6.45, 7) is 6.42. The highest BCUT2D eigenvalue weighted by molar-refractivity contribution is 8.14. The Bertz CT molecular complexity index is 993. The summed E-state index contributed by atoms with van der Waals surface area (Å²) >= 11 is 1.25. The highest BCUT2D eigenvalue weighted by Crippen LogP contribution is 2.31. The predicted octanol–water partition coefficient (Wildman–Crippen LogP) is 3.93. The number of amides is 2. The third kappa shape index (κ3) is 5.10. The van der Waals surface area contributed by atoms with Crippen molar-refractivity contribution in [2.45, 2.75) is 20.8 Å². The zero-order valence-electron chi connectivity index (χ0n) is 17.6. The molecule has 30 heavy (non-hydrogen) atoms. The van der Waals surface area contributed by atoms with Gasteiger partial charge in [0.2, 0.25) is 5.91 Å². The third-order valence-electron chi connectivity index (χ3n) is 4.42. The second kappa shape index (κ2) is 9.63. The number of aryl methyl sites for hydroxylation is 2. The van der Waals surface area contributed by atoms with Crippen LogP contribution in [0.4, 0.5) is 5.69 Å². The molecule has 7 heteroatoms. The van der Waals surface area contributed by atoms with E-state index in [1.54, 1.807) is 18.1 Å². The number of aliphatic imine (C=N–C) groups is 1. The number of thioether (sulfide) groups is 1. The van der Waals surface area contributed by atoms with Gasteiger partial charge in [0.15, 0.2) is 5.17 Å². The number of ether oxygens (including phenoxy) is 1. The summed E-state index contributed by atoms with van der Waals surface area (Å²) in [5.74, 6) is 0.630. The van der Waals surface area contributed by atoms with Gasteiger partial charge in [-0.3, -0.25) is 14.5 Å². The maximum Gasteiger partial charge on any atom is 0.283 e. The Kier molecular flexibility index (Phi) is 6.95. The van der Waals surface area contributed by atoms with Crippen LogP contribution in [0.5, 0.6) is 5.75 Å². The van der Waals surface area contributed by atoms with E-state index in [9.17, 15) is 9.59 Å². The van der Waals surface area contributed by atoms with E-state index in [2.05, 4.69) is 16.4 Å². The normalized spacial score (nSPS) is 14.8. The fraction of sp³-hybridized carbons (Fsp3) is 0.261. The molecular formula is C23H25N3O3S. The van der Waals surface area contributed by atoms with Crippen LogP contribution >= 0.6 is 11.8 Å². The molecule has 0 saturated heterocycles. The number of hydrogen-bond acceptors (Lipinski definition) is 5. The summed E-state index contributed by atoms with van der Waals surface area (Å²) in [5, 5.41) is 3.27. The molecule has 0 aliphatic carbocycles. The molecule has 0 unspecified atom stereocenters. The van der Waals surface area contributed by atoms with Crippen molar-refractivity contribution in [2.24, 2.45) is 4.99 Å². The molecule has 2 amide bonds. The van der Waals surface area contributed by atoms with Gasteiger partial charge in [0.25, 0.3) is 5.91 Å². The highest BCUT2D eigenvalue weighted by Gasteiger charge is 2.32. The lowest BCUT2D eigenvalue weighted by Gasteiger charge is -2.19. The van der Waals surface area contributed by atoms with Gasteiger partial charge < -0.3 is 10.1 Å². The summed E-state index contributed by atoms with van der Waals surface area (Å²) in [7, 11) is 1.61. The van der Waals surface area contributed by atoms with Gasteiger partial charge in [-0.1, -0.05) is 30.0 Å². The molecule has 0 atom stereocenters. The van der Waals surface area contributed by atoms with E-state index in [1.165, 1.54) is 11.8 Å². The molecule has 2 aromatic carbocycles. The van der Waals surface area contributed by atoms with E-state index in [0.29, 0.717) is 17.4 Å². The fourth-order valence-electron chi connectivity index (χ4n) is 3.14. The van der Waals surface area contributed by atoms with Crippen LogP contribution in [0, 0.1) is 13.8 Å². The van der Waals surface area contributed by atoms with Crippen molar-refractivity contribution in [3.63, 3.8) is 0 Å². The Morgan fingerprint density at radius 2 is 1.83 bits per heavy atom. The number of anilines is 1. The van der Waals surface area contributed by atoms with Crippen LogP contribution in [0.2, 0.25) is 0 Å². The molecule has 0 saturated carbocycles. The molecule has 1 heterocycles. The first-order valence-electron chi connectivity index (χ1n) is 9.68. The maximum absolute atomic E-state index is 13.2. The topological polar surface area (TPSA) is 71.0 Å². The van der Waals surface area contributed by atoms with E-state index < -0.39 is 0 Å². The van der Waals surface area contributed by atoms with E-state index in [0.717, 1.165) is 28.1 Å². The first-order valence-corrected chi connectivity index (χ1v) is 10.7. The van der Waals surface area contributed by atoms with Gasteiger partial charge in [0.1, 0.15) is 11.4 Å². The van der Waals surface area contributed by atoms with E-state index >= 15 is 0 Å². The predicted molar refractivity (Wildman–Crippen MR) is 123 cm³/mol. The van der Waals surface area contributed by atoms with Crippen LogP contribution in [-0.2, 0) is 9.59 Å². The minimum Gasteiger partial charge on any atom is -0.497 e. The van der Waals surface area contributed by atoms with Gasteiger partial charge >= 0.3 is 0 Å². The average molecular weight is 424 g/mol. The number of benzene rings is 2. The summed E-state index contributed by atoms with van der Waals surface area (Å²) in [4.78, 5) is 31.3. The second-order valence-electron chi connectivity index (χ2n) is 6.93. The fourth-order valence-corrected chi connectivity index (χ4v) is 3.98. The first kappa shape index (κ1) is 21.6. The molecule has 6 nitrogen and oxygen atoms in total. The molecule has 1 aliphatic rings. The molecule has 0 aromatic heterocycles. The SMILES string of the molecule is CCNC(=O)CSC1=NC(=Cc2ccc(OC)cc2)C(=O)N1c1cc(C)cc(C)c1. The Balaban J connectivity index is 1.95. The van der Waals surface area contributed by atoms with Crippen molar-refractivity contribution in [3.8, 4) is 5.75 Å². The lowest BCUT2D eigenvalue weighted by molar-refractivity contribution is -0.118. The van der Waals surface area contributed by atoms with Gasteiger partial charge in [-0.25, -0.2) is 4.99 Å². The summed E-state index contributed by atoms with van der Waals surface area (Å²) in [6, 6.07) is 13.4. The van der Waals surface area contributed by atoms with Gasteiger partial charge in [0, 0.05) is 6.54 Å². The number of hydrogen-bond donors (Lipinski definition) is 1. The zero-order valence-corrected chi connectivity index (χ0v) is 18.4. The average Bonchev–Trinajstić information content (AvgIpc) is 3.01. The quantitative estimate of drug-likeness (QED) is 0.715. The Morgan fingerprint density at radius 1 is 1.17 bits per heavy atom. The third-order valence-corrected chi connectivity index (χ3v) is 5.36. The van der Waals surface area contributed by atoms with Crippen molar-refractivity contribution in [1.29, 1.82) is 0 Å². The molecule has 1 N–H and O–H groups in total. The molecule has 0 bridgehead atoms. The molecule has 0 spiro atoms. The van der Waals surface area contributed by atoms with Crippen LogP contribution in [0.25, 0.3) is 6.08 Å². The number of rotatable bonds is 6. The van der Waals surface area contributed by atoms with Gasteiger partial charge in [-0.2, -0.15) is 0 Å². The minimum atomic E-state index is -0.214. The Labute approximate surface area is 181 Å². The number of nitrogens with zero attached hydrogens (tertiary/aromatic N) is 2. The lowest BCUT2D eigenvalue weighted by atomic mass is 10.1. The summed E-state index contributed by atoms with van der Waals surface area (Å²) in [6.07, 6.45) is 1.75. The summed E-state index contributed by atoms with van der Waals surface area (Å²) in [5.41, 5.74) is 4.03. The Morgan fingerprint density at radius 3 is 2.43 bits per heavy atom. The van der Waals surface area contributed by atoms with E-state index in [4.69, 9.17) is 4.74 Å². The maximum atomic E-state index is 13.2. The number of carbonyl (C=O) groups excluding carboxylic acids is 2. The highest BCUT2D eigenvalue weighted by atomic mass is 32.2. The molecule has 156 valence electrons. The monoisotopic (exact) mass is 423 g/mol. The number of carbonyl (C=O) groups is 2. The Hall–Kier alpha value is -3.06. The van der Waals surface area contributed by atoms with Gasteiger partial charge in [-0.05, 0) is 67.8 Å². The van der Waals surface area contributed by atoms with Crippen LogP contribution < -0.4 is 15.0 Å². The minimum absolute atomic E-state index is 0.0920. The van der Waals surface area contributed by atoms with Crippen LogP contribution in [0.3, 0.4) is 0 Å². The summed E-state index contributed by atoms with van der Waals surface area (Å²) < 4.78 is 5.18. The van der Waals surface area contributed by atoms with Crippen LogP contribution in [-0.4, -0.2) is 36.4 Å². The molecule has 0 radical (unpaired) electrons. The molecule has 2 aromatic rings. The van der Waals surface area contributed by atoms with Crippen molar-refractivity contribution in [2.75, 3.05) is 24.3 Å². The largest absolute Gasteiger partial charge is 0.497 e. The van der Waals surface area contributed by atoms with Gasteiger partial charge in [0.05, 0.1) is 18.6 Å². The number of nitrogens with one attached hydrogen (secondary N) is 1. The van der Waals surface area contributed by atoms with Crippen molar-refractivity contribution in [1.82, 2.24) is 5.32 Å². The molecular weight excluding hydrogens is 398 g/mol. The standard InChI is InChI=1S/C23H25N3O3S/c1-5-24-21(27)14-30-23-25-20(13-17-6-8-19(29-4)9-7-17)22(28)26(23)18-11-15(2)10-16(3)12-18/h6-13H,5,14H2,1-4H3,(H,24,27). The molecule has 1 aliphatic heterocycles. The first-order chi connectivity index (χ1) is 14.4. The van der Waals surface area contributed by atoms with Crippen LogP contribution in [0.15, 0.2) is 53.2 Å². The zero-order chi connectivity index (χ0) is 21.7. The van der Waals surface area contributed by atoms with E-state index in [-0.39, 0.29) is 17.6 Å². The van der Waals surface area contributed by atoms with Gasteiger partial charge in [-0.15, -0.1) is 0 Å². The van der Waals surface area contributed by atoms with Crippen molar-refractivity contribution >= 4 is 40.5 Å². The number of methoxy groups -OCH3 is 1. The van der Waals surface area contributed by atoms with Crippen molar-refractivity contribution in [3.05, 3.63) is 64.9 Å². The van der Waals surface area contributed by atoms with E-state index in [1.807, 2.05) is 57.2 Å². The van der Waals surface area contributed by atoms with Crippen LogP contribution in [0.1, 0.15) is 23.6 Å².